The van der Waals surface area contributed by atoms with Gasteiger partial charge < -0.3 is 25.1 Å². The average molecular weight is 406 g/mol. The minimum absolute atomic E-state index is 0.170. The summed E-state index contributed by atoms with van der Waals surface area (Å²) in [6, 6.07) is 5.47. The number of ether oxygens (including phenoxy) is 1. The molecule has 2 heterocycles. The quantitative estimate of drug-likeness (QED) is 0.613. The van der Waals surface area contributed by atoms with Gasteiger partial charge in [0.15, 0.2) is 11.6 Å². The van der Waals surface area contributed by atoms with Crippen LogP contribution >= 0.6 is 0 Å². The monoisotopic (exact) mass is 406 g/mol. The van der Waals surface area contributed by atoms with Crippen LogP contribution in [0.4, 0.5) is 13.6 Å². The minimum atomic E-state index is -0.928. The number of benzene rings is 1. The number of halogens is 2. The zero-order chi connectivity index (χ0) is 21.0. The van der Waals surface area contributed by atoms with Crippen LogP contribution < -0.4 is 16.0 Å². The van der Waals surface area contributed by atoms with Crippen molar-refractivity contribution in [1.29, 1.82) is 0 Å². The standard InChI is InChI=1S/C20H21F2N3O4/c1-3-28-19(26)17-15(24-20(27)25-18(17)16-5-4-8-29-16)10-23-11(2)12-6-7-13(21)14(22)9-12/h4-9,11,18,23H,3,10H2,1-2H3,(H2,24,25,27)/p+1/t11-,18-/m0/s1. The number of carbonyl (C=O) groups excluding carboxylic acids is 2. The van der Waals surface area contributed by atoms with E-state index >= 15 is 0 Å². The fourth-order valence-corrected chi connectivity index (χ4v) is 3.12. The molecular formula is C20H22F2N3O4+. The molecule has 9 heteroatoms. The van der Waals surface area contributed by atoms with Crippen LogP contribution in [0.25, 0.3) is 0 Å². The molecule has 2 aromatic rings. The predicted octanol–water partition coefficient (Wildman–Crippen LogP) is 2.05. The second-order valence-corrected chi connectivity index (χ2v) is 6.56. The van der Waals surface area contributed by atoms with Crippen molar-refractivity contribution in [2.45, 2.75) is 25.9 Å². The third kappa shape index (κ3) is 4.62. The lowest BCUT2D eigenvalue weighted by Gasteiger charge is -2.27. The molecule has 154 valence electrons. The molecule has 1 aromatic heterocycles. The van der Waals surface area contributed by atoms with Gasteiger partial charge in [0.25, 0.3) is 0 Å². The Morgan fingerprint density at radius 3 is 2.76 bits per heavy atom. The Morgan fingerprint density at radius 2 is 2.10 bits per heavy atom. The van der Waals surface area contributed by atoms with Gasteiger partial charge in [-0.05, 0) is 44.2 Å². The number of hydrogen-bond acceptors (Lipinski definition) is 4. The summed E-state index contributed by atoms with van der Waals surface area (Å²) < 4.78 is 37.2. The van der Waals surface area contributed by atoms with E-state index in [2.05, 4.69) is 10.6 Å². The summed E-state index contributed by atoms with van der Waals surface area (Å²) in [5, 5.41) is 7.11. The maximum absolute atomic E-state index is 13.5. The highest BCUT2D eigenvalue weighted by Crippen LogP contribution is 2.27. The van der Waals surface area contributed by atoms with Gasteiger partial charge in [0, 0.05) is 5.56 Å². The van der Waals surface area contributed by atoms with E-state index in [9.17, 15) is 18.4 Å². The van der Waals surface area contributed by atoms with E-state index in [1.54, 1.807) is 24.4 Å². The largest absolute Gasteiger partial charge is 0.467 e. The molecule has 2 atom stereocenters. The van der Waals surface area contributed by atoms with Gasteiger partial charge >= 0.3 is 12.0 Å². The topological polar surface area (TPSA) is 97.2 Å². The molecule has 3 rings (SSSR count). The van der Waals surface area contributed by atoms with Crippen molar-refractivity contribution >= 4 is 12.0 Å². The molecule has 7 nitrogen and oxygen atoms in total. The lowest BCUT2D eigenvalue weighted by Crippen LogP contribution is -2.86. The summed E-state index contributed by atoms with van der Waals surface area (Å²) in [6.07, 6.45) is 1.45. The maximum atomic E-state index is 13.5. The first-order valence-corrected chi connectivity index (χ1v) is 9.20. The van der Waals surface area contributed by atoms with Crippen LogP contribution in [0.2, 0.25) is 0 Å². The number of hydrogen-bond donors (Lipinski definition) is 3. The lowest BCUT2D eigenvalue weighted by atomic mass is 9.99. The van der Waals surface area contributed by atoms with E-state index in [0.29, 0.717) is 17.0 Å². The van der Waals surface area contributed by atoms with Gasteiger partial charge in [-0.1, -0.05) is 0 Å². The lowest BCUT2D eigenvalue weighted by molar-refractivity contribution is -0.686. The van der Waals surface area contributed by atoms with Crippen molar-refractivity contribution < 1.29 is 32.8 Å². The van der Waals surface area contributed by atoms with Crippen LogP contribution in [-0.2, 0) is 9.53 Å². The van der Waals surface area contributed by atoms with E-state index < -0.39 is 29.7 Å². The minimum Gasteiger partial charge on any atom is -0.467 e. The van der Waals surface area contributed by atoms with Crippen LogP contribution in [0.5, 0.6) is 0 Å². The Bertz CT molecular complexity index is 928. The van der Waals surface area contributed by atoms with Gasteiger partial charge in [-0.15, -0.1) is 0 Å². The van der Waals surface area contributed by atoms with Crippen molar-refractivity contribution in [2.75, 3.05) is 13.2 Å². The normalized spacial score (nSPS) is 17.5. The fourth-order valence-electron chi connectivity index (χ4n) is 3.12. The van der Waals surface area contributed by atoms with Gasteiger partial charge in [-0.2, -0.15) is 0 Å². The fraction of sp³-hybridized carbons (Fsp3) is 0.300. The van der Waals surface area contributed by atoms with Crippen molar-refractivity contribution in [3.05, 3.63) is 70.8 Å². The van der Waals surface area contributed by atoms with Gasteiger partial charge in [-0.25, -0.2) is 18.4 Å². The van der Waals surface area contributed by atoms with Gasteiger partial charge in [-0.3, -0.25) is 0 Å². The van der Waals surface area contributed by atoms with Gasteiger partial charge in [0.05, 0.1) is 24.1 Å². The Hall–Kier alpha value is -3.20. The third-order valence-corrected chi connectivity index (χ3v) is 4.62. The van der Waals surface area contributed by atoms with Crippen molar-refractivity contribution in [2.24, 2.45) is 0 Å². The molecule has 0 saturated carbocycles. The van der Waals surface area contributed by atoms with Crippen LogP contribution in [0.15, 0.2) is 52.3 Å². The second-order valence-electron chi connectivity index (χ2n) is 6.56. The van der Waals surface area contributed by atoms with E-state index in [1.165, 1.54) is 12.3 Å². The number of rotatable bonds is 7. The van der Waals surface area contributed by atoms with Crippen LogP contribution in [-0.4, -0.2) is 25.2 Å². The Kier molecular flexibility index (Phi) is 6.28. The van der Waals surface area contributed by atoms with Crippen LogP contribution in [0.3, 0.4) is 0 Å². The van der Waals surface area contributed by atoms with E-state index in [1.807, 2.05) is 6.92 Å². The summed E-state index contributed by atoms with van der Waals surface area (Å²) in [4.78, 5) is 24.7. The molecule has 0 saturated heterocycles. The summed E-state index contributed by atoms with van der Waals surface area (Å²) in [7, 11) is 0. The first-order valence-electron chi connectivity index (χ1n) is 9.20. The number of carbonyl (C=O) groups is 2. The highest BCUT2D eigenvalue weighted by Gasteiger charge is 2.36. The summed E-state index contributed by atoms with van der Waals surface area (Å²) >= 11 is 0. The number of nitrogens with one attached hydrogen (secondary N) is 2. The van der Waals surface area contributed by atoms with Crippen LogP contribution in [0, 0.1) is 11.6 Å². The predicted molar refractivity (Wildman–Crippen MR) is 98.3 cm³/mol. The van der Waals surface area contributed by atoms with Crippen molar-refractivity contribution in [1.82, 2.24) is 10.6 Å². The number of furan rings is 1. The van der Waals surface area contributed by atoms with Gasteiger partial charge in [0.2, 0.25) is 0 Å². The molecule has 4 N–H and O–H groups in total. The molecule has 0 spiro atoms. The molecule has 1 aliphatic heterocycles. The molecule has 0 bridgehead atoms. The molecule has 0 radical (unpaired) electrons. The smallest absolute Gasteiger partial charge is 0.338 e. The Balaban J connectivity index is 1.87. The van der Waals surface area contributed by atoms with Gasteiger partial charge in [0.1, 0.15) is 24.4 Å². The third-order valence-electron chi connectivity index (χ3n) is 4.62. The first-order chi connectivity index (χ1) is 13.9. The van der Waals surface area contributed by atoms with E-state index in [0.717, 1.165) is 12.1 Å². The second kappa shape index (κ2) is 8.87. The highest BCUT2D eigenvalue weighted by molar-refractivity contribution is 5.95. The van der Waals surface area contributed by atoms with Crippen molar-refractivity contribution in [3.8, 4) is 0 Å². The highest BCUT2D eigenvalue weighted by atomic mass is 19.2. The average Bonchev–Trinajstić information content (AvgIpc) is 3.22. The molecule has 0 fully saturated rings. The number of quaternary nitrogens is 1. The molecule has 29 heavy (non-hydrogen) atoms. The summed E-state index contributed by atoms with van der Waals surface area (Å²) in [5.41, 5.74) is 1.17. The molecule has 0 unspecified atom stereocenters. The number of nitrogens with two attached hydrogens (primary N) is 1. The maximum Gasteiger partial charge on any atom is 0.338 e. The number of urea groups is 1. The van der Waals surface area contributed by atoms with E-state index in [-0.39, 0.29) is 24.8 Å². The summed E-state index contributed by atoms with van der Waals surface area (Å²) in [6.45, 7) is 3.87. The zero-order valence-electron chi connectivity index (χ0n) is 16.0. The number of amides is 2. The van der Waals surface area contributed by atoms with E-state index in [4.69, 9.17) is 9.15 Å². The first kappa shape index (κ1) is 20.5. The summed E-state index contributed by atoms with van der Waals surface area (Å²) in [5.74, 6) is -2.03. The Morgan fingerprint density at radius 1 is 1.31 bits per heavy atom. The SMILES string of the molecule is CCOC(=O)C1=C(C[NH2+][C@@H](C)c2ccc(F)c(F)c2)NC(=O)N[C@H]1c1ccco1. The van der Waals surface area contributed by atoms with Crippen molar-refractivity contribution in [3.63, 3.8) is 0 Å². The molecule has 1 aromatic carbocycles. The van der Waals surface area contributed by atoms with Crippen LogP contribution in [0.1, 0.15) is 37.3 Å². The molecule has 2 amide bonds. The Labute approximate surface area is 166 Å². The molecule has 1 aliphatic rings. The molecular weight excluding hydrogens is 384 g/mol. The number of esters is 1. The molecule has 0 aliphatic carbocycles. The zero-order valence-corrected chi connectivity index (χ0v) is 16.0.